The highest BCUT2D eigenvalue weighted by atomic mass is 32.2. The van der Waals surface area contributed by atoms with Crippen LogP contribution < -0.4 is 10.1 Å². The van der Waals surface area contributed by atoms with Gasteiger partial charge in [-0.15, -0.1) is 0 Å². The summed E-state index contributed by atoms with van der Waals surface area (Å²) in [4.78, 5) is 12.4. The lowest BCUT2D eigenvalue weighted by Gasteiger charge is -2.13. The Morgan fingerprint density at radius 2 is 2.00 bits per heavy atom. The highest BCUT2D eigenvalue weighted by Gasteiger charge is 2.14. The van der Waals surface area contributed by atoms with Crippen LogP contribution in [0, 0.1) is 0 Å². The molecule has 24 heavy (non-hydrogen) atoms. The predicted octanol–water partition coefficient (Wildman–Crippen LogP) is 6.09. The summed E-state index contributed by atoms with van der Waals surface area (Å²) in [6, 6.07) is 5.73. The van der Waals surface area contributed by atoms with E-state index in [2.05, 4.69) is 32.2 Å². The summed E-state index contributed by atoms with van der Waals surface area (Å²) in [5.41, 5.74) is 1.70. The molecule has 0 bridgehead atoms. The molecule has 0 saturated carbocycles. The predicted molar refractivity (Wildman–Crippen MR) is 107 cm³/mol. The third kappa shape index (κ3) is 7.26. The van der Waals surface area contributed by atoms with Gasteiger partial charge in [-0.05, 0) is 42.4 Å². The zero-order chi connectivity index (χ0) is 18.5. The number of carbonyl (C=O) groups excluding carboxylic acids is 1. The summed E-state index contributed by atoms with van der Waals surface area (Å²) in [7, 11) is 1.59. The molecule has 134 valence electrons. The van der Waals surface area contributed by atoms with Crippen LogP contribution in [0.25, 0.3) is 0 Å². The van der Waals surface area contributed by atoms with E-state index in [4.69, 9.17) is 4.74 Å². The van der Waals surface area contributed by atoms with Crippen molar-refractivity contribution in [2.75, 3.05) is 7.11 Å². The molecule has 1 amide bonds. The van der Waals surface area contributed by atoms with Crippen LogP contribution in [-0.4, -0.2) is 13.0 Å². The second-order valence-corrected chi connectivity index (χ2v) is 6.07. The fraction of sp³-hybridized carbons (Fsp3) is 0.450. The summed E-state index contributed by atoms with van der Waals surface area (Å²) >= 11 is 1.50. The van der Waals surface area contributed by atoms with E-state index in [1.807, 2.05) is 50.5 Å². The summed E-state index contributed by atoms with van der Waals surface area (Å²) < 4.78 is 5.37. The largest absolute Gasteiger partial charge is 0.496 e. The van der Waals surface area contributed by atoms with Crippen molar-refractivity contribution >= 4 is 17.7 Å². The van der Waals surface area contributed by atoms with Crippen molar-refractivity contribution in [2.45, 2.75) is 53.9 Å². The van der Waals surface area contributed by atoms with Crippen LogP contribution in [0.2, 0.25) is 0 Å². The molecule has 0 aliphatic rings. The summed E-state index contributed by atoms with van der Waals surface area (Å²) in [5, 5.41) is 5.71. The average Bonchev–Trinajstić information content (AvgIpc) is 2.61. The van der Waals surface area contributed by atoms with Gasteiger partial charge in [0, 0.05) is 0 Å². The number of hydrogen-bond acceptors (Lipinski definition) is 3. The number of amides is 1. The molecule has 0 radical (unpaired) electrons. The Kier molecular flexibility index (Phi) is 11.8. The maximum atomic E-state index is 12.4. The topological polar surface area (TPSA) is 38.3 Å². The van der Waals surface area contributed by atoms with Crippen LogP contribution in [0.15, 0.2) is 40.8 Å². The Bertz CT molecular complexity index is 563. The molecular formula is C20H31NO2S. The smallest absolute Gasteiger partial charge is 0.259 e. The number of thioether (sulfide) groups is 1. The van der Waals surface area contributed by atoms with E-state index in [9.17, 15) is 4.79 Å². The van der Waals surface area contributed by atoms with E-state index in [1.165, 1.54) is 11.8 Å². The molecule has 0 aliphatic heterocycles. The molecular weight excluding hydrogens is 318 g/mol. The molecule has 0 heterocycles. The summed E-state index contributed by atoms with van der Waals surface area (Å²) in [5.74, 6) is 0.845. The number of ether oxygens (including phenoxy) is 1. The van der Waals surface area contributed by atoms with E-state index in [-0.39, 0.29) is 5.91 Å². The van der Waals surface area contributed by atoms with Crippen LogP contribution >= 0.6 is 11.8 Å². The first-order chi connectivity index (χ1) is 11.5. The van der Waals surface area contributed by atoms with Crippen molar-refractivity contribution in [1.29, 1.82) is 0 Å². The first-order valence-electron chi connectivity index (χ1n) is 8.50. The Balaban J connectivity index is 0.00000254. The average molecular weight is 350 g/mol. The van der Waals surface area contributed by atoms with E-state index in [0.29, 0.717) is 17.2 Å². The third-order valence-corrected chi connectivity index (χ3v) is 4.08. The lowest BCUT2D eigenvalue weighted by molar-refractivity contribution is 0.0966. The van der Waals surface area contributed by atoms with Gasteiger partial charge in [-0.25, -0.2) is 0 Å². The normalized spacial score (nSPS) is 11.2. The summed E-state index contributed by atoms with van der Waals surface area (Å²) in [6.45, 7) is 12.2. The number of hydrogen-bond donors (Lipinski definition) is 1. The maximum absolute atomic E-state index is 12.4. The van der Waals surface area contributed by atoms with Crippen molar-refractivity contribution in [3.63, 3.8) is 0 Å². The van der Waals surface area contributed by atoms with Gasteiger partial charge in [0.2, 0.25) is 0 Å². The number of rotatable bonds is 7. The maximum Gasteiger partial charge on any atom is 0.259 e. The third-order valence-electron chi connectivity index (χ3n) is 3.16. The fourth-order valence-corrected chi connectivity index (χ4v) is 2.54. The minimum atomic E-state index is -0.155. The molecule has 0 fully saturated rings. The Labute approximate surface area is 151 Å². The molecule has 0 atom stereocenters. The number of benzene rings is 1. The number of allylic oxidation sites excluding steroid dienone is 2. The quantitative estimate of drug-likeness (QED) is 0.647. The fourth-order valence-electron chi connectivity index (χ4n) is 1.82. The van der Waals surface area contributed by atoms with Gasteiger partial charge in [0.1, 0.15) is 5.75 Å². The van der Waals surface area contributed by atoms with Gasteiger partial charge in [-0.1, -0.05) is 64.6 Å². The van der Waals surface area contributed by atoms with E-state index >= 15 is 0 Å². The van der Waals surface area contributed by atoms with Gasteiger partial charge in [-0.3, -0.25) is 4.79 Å². The molecule has 0 spiro atoms. The van der Waals surface area contributed by atoms with Crippen LogP contribution in [0.1, 0.15) is 69.8 Å². The highest BCUT2D eigenvalue weighted by Crippen LogP contribution is 2.25. The highest BCUT2D eigenvalue weighted by molar-refractivity contribution is 8.05. The van der Waals surface area contributed by atoms with Gasteiger partial charge < -0.3 is 10.1 Å². The van der Waals surface area contributed by atoms with E-state index in [0.717, 1.165) is 17.0 Å². The molecule has 3 nitrogen and oxygen atoms in total. The molecule has 4 heteroatoms. The second kappa shape index (κ2) is 12.7. The number of methoxy groups -OCH3 is 1. The lowest BCUT2D eigenvalue weighted by atomic mass is 10.0. The van der Waals surface area contributed by atoms with Crippen LogP contribution in [0.3, 0.4) is 0 Å². The molecule has 0 saturated heterocycles. The van der Waals surface area contributed by atoms with Gasteiger partial charge in [0.25, 0.3) is 5.91 Å². The minimum Gasteiger partial charge on any atom is -0.496 e. The monoisotopic (exact) mass is 349 g/mol. The molecule has 1 aromatic carbocycles. The zero-order valence-electron chi connectivity index (χ0n) is 16.0. The van der Waals surface area contributed by atoms with Gasteiger partial charge in [-0.2, -0.15) is 0 Å². The van der Waals surface area contributed by atoms with Crippen LogP contribution in [0.5, 0.6) is 5.75 Å². The van der Waals surface area contributed by atoms with Gasteiger partial charge in [0.05, 0.1) is 17.7 Å². The first kappa shape index (κ1) is 22.3. The Morgan fingerprint density at radius 3 is 2.50 bits per heavy atom. The van der Waals surface area contributed by atoms with Crippen molar-refractivity contribution in [3.05, 3.63) is 51.9 Å². The van der Waals surface area contributed by atoms with Crippen LogP contribution in [0.4, 0.5) is 0 Å². The van der Waals surface area contributed by atoms with E-state index < -0.39 is 0 Å². The molecule has 1 N–H and O–H groups in total. The Morgan fingerprint density at radius 1 is 1.33 bits per heavy atom. The molecule has 1 aromatic rings. The van der Waals surface area contributed by atoms with E-state index in [1.54, 1.807) is 7.11 Å². The van der Waals surface area contributed by atoms with Crippen LogP contribution in [-0.2, 0) is 0 Å². The van der Waals surface area contributed by atoms with Crippen molar-refractivity contribution < 1.29 is 9.53 Å². The first-order valence-corrected chi connectivity index (χ1v) is 9.38. The zero-order valence-corrected chi connectivity index (χ0v) is 16.8. The van der Waals surface area contributed by atoms with Gasteiger partial charge >= 0.3 is 0 Å². The SMILES string of the molecule is C/C=C(/NC(=O)c1ccc(C(C)C)cc1OC)S/C=C\CC.CC. The standard InChI is InChI=1S/C18H25NO2S.C2H6/c1-6-8-11-22-17(7-2)19-18(20)15-10-9-14(13(3)4)12-16(15)21-5;1-2/h7-13H,6H2,1-5H3,(H,19,20);1-2H3/b11-8-,17-7-;. The molecule has 0 unspecified atom stereocenters. The molecule has 0 aromatic heterocycles. The Hall–Kier alpha value is -1.68. The number of nitrogens with one attached hydrogen (secondary N) is 1. The van der Waals surface area contributed by atoms with Crippen molar-refractivity contribution in [1.82, 2.24) is 5.32 Å². The minimum absolute atomic E-state index is 0.155. The van der Waals surface area contributed by atoms with Crippen molar-refractivity contribution in [3.8, 4) is 5.75 Å². The molecule has 1 rings (SSSR count). The second-order valence-electron chi connectivity index (χ2n) is 5.12. The number of carbonyl (C=O) groups is 1. The van der Waals surface area contributed by atoms with Gasteiger partial charge in [0.15, 0.2) is 0 Å². The summed E-state index contributed by atoms with van der Waals surface area (Å²) in [6.07, 6.45) is 4.91. The molecule has 0 aliphatic carbocycles. The van der Waals surface area contributed by atoms with Crippen molar-refractivity contribution in [2.24, 2.45) is 0 Å². The lowest BCUT2D eigenvalue weighted by Crippen LogP contribution is -2.21.